The number of phenols is 1. The third-order valence-corrected chi connectivity index (χ3v) is 3.69. The van der Waals surface area contributed by atoms with Crippen molar-refractivity contribution in [2.75, 3.05) is 0 Å². The first-order valence-electron chi connectivity index (χ1n) is 6.17. The standard InChI is InChI=1S/C13H11N3O.O2Si3/c1-8-9(4-3-7-12(8)17)10-5-2-6-11-13(10)15-16-14-11;3-1-5-2-4/h2-7,17H,1H3,(H,14,15,16);. The van der Waals surface area contributed by atoms with Crippen LogP contribution in [-0.4, -0.2) is 51.5 Å². The summed E-state index contributed by atoms with van der Waals surface area (Å²) in [5.74, 6) is 0.294. The molecule has 8 radical (unpaired) electrons. The van der Waals surface area contributed by atoms with Crippen LogP contribution in [0.4, 0.5) is 0 Å². The maximum Gasteiger partial charge on any atom is 0.409 e. The van der Waals surface area contributed by atoms with Crippen molar-refractivity contribution in [3.8, 4) is 16.9 Å². The second kappa shape index (κ2) is 8.01. The molecule has 0 fully saturated rings. The van der Waals surface area contributed by atoms with E-state index in [-0.39, 0.29) is 10.0 Å². The molecule has 0 amide bonds. The van der Waals surface area contributed by atoms with Crippen LogP contribution in [0.25, 0.3) is 22.2 Å². The zero-order valence-electron chi connectivity index (χ0n) is 11.6. The fourth-order valence-electron chi connectivity index (χ4n) is 2.02. The summed E-state index contributed by atoms with van der Waals surface area (Å²) < 4.78 is 8.51. The lowest BCUT2D eigenvalue weighted by Crippen LogP contribution is -1.96. The smallest absolute Gasteiger partial charge is 0.409 e. The van der Waals surface area contributed by atoms with Gasteiger partial charge in [0.1, 0.15) is 16.8 Å². The van der Waals surface area contributed by atoms with Crippen LogP contribution in [0.5, 0.6) is 5.75 Å². The van der Waals surface area contributed by atoms with Gasteiger partial charge in [-0.25, -0.2) is 0 Å². The summed E-state index contributed by atoms with van der Waals surface area (Å²) >= 11 is 0. The summed E-state index contributed by atoms with van der Waals surface area (Å²) in [5, 5.41) is 20.6. The van der Waals surface area contributed by atoms with Crippen molar-refractivity contribution in [2.24, 2.45) is 0 Å². The number of nitrogens with one attached hydrogen (secondary N) is 1. The van der Waals surface area contributed by atoms with Crippen LogP contribution in [0, 0.1) is 6.92 Å². The minimum atomic E-state index is 0.0247. The van der Waals surface area contributed by atoms with Crippen molar-refractivity contribution in [2.45, 2.75) is 6.92 Å². The van der Waals surface area contributed by atoms with Crippen LogP contribution in [0.15, 0.2) is 36.4 Å². The number of fused-ring (bicyclic) bond motifs is 1. The fraction of sp³-hybridized carbons (Fsp3) is 0.0769. The lowest BCUT2D eigenvalue weighted by molar-refractivity contribution is 0.471. The zero-order chi connectivity index (χ0) is 15.9. The molecule has 0 unspecified atom stereocenters. The second-order valence-corrected chi connectivity index (χ2v) is 6.03. The normalized spacial score (nSPS) is 10.3. The number of hydrogen-bond donors (Lipinski definition) is 2. The van der Waals surface area contributed by atoms with Gasteiger partial charge in [-0.05, 0) is 30.2 Å². The molecule has 0 aliphatic rings. The second-order valence-electron chi connectivity index (χ2n) is 4.23. The Hall–Kier alpha value is -1.79. The van der Waals surface area contributed by atoms with E-state index in [0.717, 1.165) is 27.7 Å². The van der Waals surface area contributed by atoms with Gasteiger partial charge < -0.3 is 13.3 Å². The van der Waals surface area contributed by atoms with E-state index in [1.54, 1.807) is 6.07 Å². The summed E-state index contributed by atoms with van der Waals surface area (Å²) in [5.41, 5.74) is 4.45. The molecule has 0 saturated carbocycles. The number of phenolic OH excluding ortho intramolecular Hbond substituents is 1. The number of aromatic amines is 1. The third kappa shape index (κ3) is 3.69. The molecule has 0 spiro atoms. The van der Waals surface area contributed by atoms with Crippen molar-refractivity contribution >= 4 is 42.0 Å². The molecule has 1 aromatic heterocycles. The summed E-state index contributed by atoms with van der Waals surface area (Å²) in [7, 11) is 5.44. The van der Waals surface area contributed by atoms with E-state index in [9.17, 15) is 5.11 Å². The predicted molar refractivity (Wildman–Crippen MR) is 85.2 cm³/mol. The molecule has 108 valence electrons. The molecule has 1 heterocycles. The molecule has 2 N–H and O–H groups in total. The van der Waals surface area contributed by atoms with E-state index in [0.29, 0.717) is 5.75 Å². The van der Waals surface area contributed by atoms with Gasteiger partial charge in [-0.1, -0.05) is 24.3 Å². The van der Waals surface area contributed by atoms with Gasteiger partial charge in [0, 0.05) is 5.56 Å². The molecule has 0 saturated heterocycles. The Morgan fingerprint density at radius 2 is 1.73 bits per heavy atom. The van der Waals surface area contributed by atoms with Crippen LogP contribution < -0.4 is 0 Å². The zero-order valence-corrected chi connectivity index (χ0v) is 14.6. The molecular formula is C13H11N3O3Si3. The average Bonchev–Trinajstić information content (AvgIpc) is 3.00. The highest BCUT2D eigenvalue weighted by atomic mass is 28.3. The maximum atomic E-state index is 9.74. The van der Waals surface area contributed by atoms with Gasteiger partial charge in [0.25, 0.3) is 0 Å². The first-order valence-corrected chi connectivity index (χ1v) is 7.81. The van der Waals surface area contributed by atoms with Crippen molar-refractivity contribution in [1.82, 2.24) is 15.4 Å². The van der Waals surface area contributed by atoms with Crippen molar-refractivity contribution in [1.29, 1.82) is 0 Å². The predicted octanol–water partition coefficient (Wildman–Crippen LogP) is 1.36. The van der Waals surface area contributed by atoms with E-state index in [1.165, 1.54) is 0 Å². The van der Waals surface area contributed by atoms with Gasteiger partial charge in [-0.3, -0.25) is 0 Å². The first kappa shape index (κ1) is 16.6. The minimum Gasteiger partial charge on any atom is -0.508 e. The maximum absolute atomic E-state index is 9.74. The molecule has 0 bridgehead atoms. The van der Waals surface area contributed by atoms with Crippen molar-refractivity contribution in [3.05, 3.63) is 42.0 Å². The fourth-order valence-corrected chi connectivity index (χ4v) is 2.56. The first-order chi connectivity index (χ1) is 10.7. The Labute approximate surface area is 137 Å². The van der Waals surface area contributed by atoms with Crippen molar-refractivity contribution < 1.29 is 13.3 Å². The van der Waals surface area contributed by atoms with Crippen LogP contribution in [0.3, 0.4) is 0 Å². The van der Waals surface area contributed by atoms with Crippen molar-refractivity contribution in [3.63, 3.8) is 0 Å². The lowest BCUT2D eigenvalue weighted by Gasteiger charge is -2.07. The number of rotatable bonds is 3. The van der Waals surface area contributed by atoms with Crippen LogP contribution in [0.2, 0.25) is 0 Å². The van der Waals surface area contributed by atoms with Gasteiger partial charge in [-0.2, -0.15) is 15.4 Å². The highest BCUT2D eigenvalue weighted by Gasteiger charge is 2.10. The molecule has 2 aromatic carbocycles. The van der Waals surface area contributed by atoms with E-state index in [1.807, 2.05) is 37.3 Å². The largest absolute Gasteiger partial charge is 0.508 e. The molecule has 3 rings (SSSR count). The van der Waals surface area contributed by atoms with E-state index in [2.05, 4.69) is 44.6 Å². The minimum absolute atomic E-state index is 0.0247. The topological polar surface area (TPSA) is 80.3 Å². The number of nitrogens with zero attached hydrogens (tertiary/aromatic N) is 2. The summed E-state index contributed by atoms with van der Waals surface area (Å²) in [6.45, 7) is 1.89. The number of aromatic nitrogens is 3. The van der Waals surface area contributed by atoms with Gasteiger partial charge in [0.05, 0.1) is 0 Å². The third-order valence-electron chi connectivity index (χ3n) is 3.03. The van der Waals surface area contributed by atoms with Crippen LogP contribution >= 0.6 is 0 Å². The SMILES string of the molecule is Cc1c(O)cccc1-c1cccc2n[nH]nc12.[Si]O[Si]O[Si]. The number of benzene rings is 2. The average molecular weight is 342 g/mol. The van der Waals surface area contributed by atoms with Crippen LogP contribution in [-0.2, 0) is 8.23 Å². The molecule has 3 aromatic rings. The van der Waals surface area contributed by atoms with Gasteiger partial charge in [0.15, 0.2) is 0 Å². The van der Waals surface area contributed by atoms with Crippen LogP contribution in [0.1, 0.15) is 5.56 Å². The lowest BCUT2D eigenvalue weighted by atomic mass is 9.99. The summed E-state index contributed by atoms with van der Waals surface area (Å²) in [6, 6.07) is 11.3. The Morgan fingerprint density at radius 1 is 1.05 bits per heavy atom. The molecule has 0 atom stereocenters. The summed E-state index contributed by atoms with van der Waals surface area (Å²) in [6.07, 6.45) is 0. The number of hydrogen-bond acceptors (Lipinski definition) is 5. The Bertz CT molecular complexity index is 749. The quantitative estimate of drug-likeness (QED) is 0.703. The van der Waals surface area contributed by atoms with E-state index in [4.69, 9.17) is 0 Å². The number of H-pyrrole nitrogens is 1. The monoisotopic (exact) mass is 341 g/mol. The van der Waals surface area contributed by atoms with Gasteiger partial charge >= 0.3 is 10.0 Å². The highest BCUT2D eigenvalue weighted by molar-refractivity contribution is 6.33. The molecule has 0 aliphatic heterocycles. The Balaban J connectivity index is 0.000000309. The molecule has 6 nitrogen and oxygen atoms in total. The Kier molecular flexibility index (Phi) is 6.03. The van der Waals surface area contributed by atoms with Gasteiger partial charge in [-0.15, -0.1) is 0 Å². The molecule has 0 aliphatic carbocycles. The Morgan fingerprint density at radius 3 is 2.41 bits per heavy atom. The van der Waals surface area contributed by atoms with Gasteiger partial charge in [0.2, 0.25) is 21.0 Å². The van der Waals surface area contributed by atoms with E-state index < -0.39 is 0 Å². The molecule has 22 heavy (non-hydrogen) atoms. The van der Waals surface area contributed by atoms with E-state index >= 15 is 0 Å². The highest BCUT2D eigenvalue weighted by Crippen LogP contribution is 2.32. The molecule has 9 heteroatoms. The number of aromatic hydroxyl groups is 1. The number of para-hydroxylation sites is 1. The molecular weight excluding hydrogens is 330 g/mol. The summed E-state index contributed by atoms with van der Waals surface area (Å²) in [4.78, 5) is 0.